The standard InChI is InChI=1S/C23H18FNO2/c1-13(14-5-3-2-4-6-14)19-17-11-12-18(19)21-20(17)22(26)25(23(21)27)16-9-7-15(24)8-10-16/h2-12,17-18,20-21H,1H3/t17-,18-,20+,21+/m1/s1. The summed E-state index contributed by atoms with van der Waals surface area (Å²) in [6, 6.07) is 15.6. The van der Waals surface area contributed by atoms with Crippen LogP contribution in [0.25, 0.3) is 5.57 Å². The third kappa shape index (κ3) is 2.19. The summed E-state index contributed by atoms with van der Waals surface area (Å²) < 4.78 is 13.2. The molecule has 3 nitrogen and oxygen atoms in total. The van der Waals surface area contributed by atoms with Crippen molar-refractivity contribution in [1.82, 2.24) is 0 Å². The van der Waals surface area contributed by atoms with Gasteiger partial charge in [0.15, 0.2) is 0 Å². The number of nitrogens with zero attached hydrogens (tertiary/aromatic N) is 1. The van der Waals surface area contributed by atoms with E-state index < -0.39 is 0 Å². The second-order valence-corrected chi connectivity index (χ2v) is 7.42. The van der Waals surface area contributed by atoms with Crippen molar-refractivity contribution < 1.29 is 14.0 Å². The Kier molecular flexibility index (Phi) is 3.44. The lowest BCUT2D eigenvalue weighted by atomic mass is 9.85. The fourth-order valence-electron chi connectivity index (χ4n) is 4.96. The molecule has 134 valence electrons. The zero-order valence-electron chi connectivity index (χ0n) is 14.8. The average molecular weight is 359 g/mol. The van der Waals surface area contributed by atoms with E-state index in [4.69, 9.17) is 0 Å². The Morgan fingerprint density at radius 3 is 1.96 bits per heavy atom. The zero-order valence-corrected chi connectivity index (χ0v) is 14.8. The molecule has 0 aromatic heterocycles. The largest absolute Gasteiger partial charge is 0.274 e. The molecule has 0 N–H and O–H groups in total. The van der Waals surface area contributed by atoms with Crippen LogP contribution in [0.4, 0.5) is 10.1 Å². The number of anilines is 1. The predicted octanol–water partition coefficient (Wildman–Crippen LogP) is 4.22. The summed E-state index contributed by atoms with van der Waals surface area (Å²) in [5.41, 5.74) is 3.92. The number of carbonyl (C=O) groups is 2. The van der Waals surface area contributed by atoms with Gasteiger partial charge in [0, 0.05) is 11.8 Å². The molecule has 2 amide bonds. The van der Waals surface area contributed by atoms with Crippen LogP contribution in [0.3, 0.4) is 0 Å². The number of fused-ring (bicyclic) bond motifs is 5. The van der Waals surface area contributed by atoms with E-state index >= 15 is 0 Å². The van der Waals surface area contributed by atoms with Gasteiger partial charge in [-0.3, -0.25) is 9.59 Å². The summed E-state index contributed by atoms with van der Waals surface area (Å²) in [7, 11) is 0. The van der Waals surface area contributed by atoms with E-state index in [1.54, 1.807) is 0 Å². The van der Waals surface area contributed by atoms with Gasteiger partial charge in [-0.2, -0.15) is 0 Å². The number of carbonyl (C=O) groups excluding carboxylic acids is 2. The van der Waals surface area contributed by atoms with Crippen molar-refractivity contribution in [3.63, 3.8) is 0 Å². The number of benzene rings is 2. The predicted molar refractivity (Wildman–Crippen MR) is 101 cm³/mol. The van der Waals surface area contributed by atoms with Gasteiger partial charge in [0.05, 0.1) is 17.5 Å². The Labute approximate surface area is 156 Å². The highest BCUT2D eigenvalue weighted by Crippen LogP contribution is 2.58. The Hall–Kier alpha value is -3.01. The summed E-state index contributed by atoms with van der Waals surface area (Å²) in [4.78, 5) is 27.5. The van der Waals surface area contributed by atoms with E-state index in [0.717, 1.165) is 11.1 Å². The van der Waals surface area contributed by atoms with Crippen LogP contribution in [0.5, 0.6) is 0 Å². The molecule has 5 rings (SSSR count). The third-order valence-corrected chi connectivity index (χ3v) is 6.14. The van der Waals surface area contributed by atoms with Gasteiger partial charge in [0.25, 0.3) is 0 Å². The maximum atomic E-state index is 13.2. The molecular weight excluding hydrogens is 341 g/mol. The molecule has 27 heavy (non-hydrogen) atoms. The summed E-state index contributed by atoms with van der Waals surface area (Å²) in [5, 5.41) is 0. The lowest BCUT2D eigenvalue weighted by molar-refractivity contribution is -0.122. The summed E-state index contributed by atoms with van der Waals surface area (Å²) >= 11 is 0. The quantitative estimate of drug-likeness (QED) is 0.595. The molecule has 2 fully saturated rings. The molecule has 2 bridgehead atoms. The van der Waals surface area contributed by atoms with Crippen LogP contribution in [0, 0.1) is 29.5 Å². The topological polar surface area (TPSA) is 37.4 Å². The molecule has 2 aromatic carbocycles. The second kappa shape index (κ2) is 5.74. The first kappa shape index (κ1) is 16.2. The van der Waals surface area contributed by atoms with Gasteiger partial charge in [-0.05, 0) is 42.3 Å². The molecule has 0 radical (unpaired) electrons. The van der Waals surface area contributed by atoms with Crippen molar-refractivity contribution in [3.8, 4) is 0 Å². The number of hydrogen-bond donors (Lipinski definition) is 0. The van der Waals surface area contributed by atoms with Gasteiger partial charge in [-0.1, -0.05) is 48.1 Å². The molecule has 1 heterocycles. The highest BCUT2D eigenvalue weighted by molar-refractivity contribution is 6.23. The molecule has 1 aliphatic heterocycles. The van der Waals surface area contributed by atoms with Crippen LogP contribution >= 0.6 is 0 Å². The van der Waals surface area contributed by atoms with Crippen LogP contribution in [-0.4, -0.2) is 11.8 Å². The highest BCUT2D eigenvalue weighted by atomic mass is 19.1. The zero-order chi connectivity index (χ0) is 18.7. The minimum absolute atomic E-state index is 0.0397. The first-order chi connectivity index (χ1) is 13.1. The van der Waals surface area contributed by atoms with E-state index in [2.05, 4.69) is 31.2 Å². The Morgan fingerprint density at radius 2 is 1.41 bits per heavy atom. The molecule has 2 aliphatic carbocycles. The van der Waals surface area contributed by atoms with Gasteiger partial charge in [0.1, 0.15) is 5.82 Å². The molecule has 1 saturated carbocycles. The summed E-state index contributed by atoms with van der Waals surface area (Å²) in [5.74, 6) is -1.52. The minimum atomic E-state index is -0.386. The van der Waals surface area contributed by atoms with Crippen molar-refractivity contribution in [3.05, 3.63) is 83.7 Å². The van der Waals surface area contributed by atoms with Crippen LogP contribution in [0.15, 0.2) is 72.3 Å². The fourth-order valence-corrected chi connectivity index (χ4v) is 4.96. The Bertz CT molecular complexity index is 972. The number of halogens is 1. The van der Waals surface area contributed by atoms with Crippen LogP contribution in [0.1, 0.15) is 12.5 Å². The molecule has 0 spiro atoms. The maximum Gasteiger partial charge on any atom is 0.238 e. The van der Waals surface area contributed by atoms with E-state index in [9.17, 15) is 14.0 Å². The van der Waals surface area contributed by atoms with Crippen molar-refractivity contribution in [2.75, 3.05) is 4.90 Å². The molecule has 3 aliphatic rings. The maximum absolute atomic E-state index is 13.2. The smallest absolute Gasteiger partial charge is 0.238 e. The van der Waals surface area contributed by atoms with Gasteiger partial charge in [0.2, 0.25) is 11.8 Å². The highest BCUT2D eigenvalue weighted by Gasteiger charge is 2.62. The minimum Gasteiger partial charge on any atom is -0.274 e. The van der Waals surface area contributed by atoms with E-state index in [-0.39, 0.29) is 41.3 Å². The van der Waals surface area contributed by atoms with Gasteiger partial charge in [-0.15, -0.1) is 0 Å². The fraction of sp³-hybridized carbons (Fsp3) is 0.217. The first-order valence-electron chi connectivity index (χ1n) is 9.15. The van der Waals surface area contributed by atoms with Crippen LogP contribution < -0.4 is 4.90 Å². The van der Waals surface area contributed by atoms with Gasteiger partial charge >= 0.3 is 0 Å². The molecule has 0 unspecified atom stereocenters. The Balaban J connectivity index is 1.55. The van der Waals surface area contributed by atoms with Crippen molar-refractivity contribution in [2.45, 2.75) is 6.92 Å². The molecule has 1 saturated heterocycles. The third-order valence-electron chi connectivity index (χ3n) is 6.14. The number of rotatable bonds is 2. The SMILES string of the molecule is CC(=C1[C@H]2C=C[C@H]1[C@@H]1C(=O)N(c3ccc(F)cc3)C(=O)[C@H]12)c1ccccc1. The monoisotopic (exact) mass is 359 g/mol. The normalized spacial score (nSPS) is 28.2. The lowest BCUT2D eigenvalue weighted by Gasteiger charge is -2.20. The van der Waals surface area contributed by atoms with Crippen molar-refractivity contribution >= 4 is 23.1 Å². The average Bonchev–Trinajstić information content (AvgIpc) is 3.33. The molecule has 4 heteroatoms. The van der Waals surface area contributed by atoms with E-state index in [1.807, 2.05) is 18.2 Å². The number of hydrogen-bond acceptors (Lipinski definition) is 2. The number of imide groups is 1. The van der Waals surface area contributed by atoms with Crippen LogP contribution in [-0.2, 0) is 9.59 Å². The number of amides is 2. The summed E-state index contributed by atoms with van der Waals surface area (Å²) in [6.45, 7) is 2.07. The molecule has 4 atom stereocenters. The van der Waals surface area contributed by atoms with Crippen LogP contribution in [0.2, 0.25) is 0 Å². The second-order valence-electron chi connectivity index (χ2n) is 7.42. The first-order valence-corrected chi connectivity index (χ1v) is 9.15. The van der Waals surface area contributed by atoms with Gasteiger partial charge < -0.3 is 0 Å². The van der Waals surface area contributed by atoms with E-state index in [0.29, 0.717) is 5.69 Å². The number of allylic oxidation sites excluding steroid dienone is 4. The van der Waals surface area contributed by atoms with Gasteiger partial charge in [-0.25, -0.2) is 9.29 Å². The van der Waals surface area contributed by atoms with Crippen molar-refractivity contribution in [2.24, 2.45) is 23.7 Å². The Morgan fingerprint density at radius 1 is 0.852 bits per heavy atom. The summed E-state index contributed by atoms with van der Waals surface area (Å²) in [6.07, 6.45) is 4.15. The lowest BCUT2D eigenvalue weighted by Crippen LogP contribution is -2.33. The molecule has 2 aromatic rings. The van der Waals surface area contributed by atoms with Crippen molar-refractivity contribution in [1.29, 1.82) is 0 Å². The molecular formula is C23H18FNO2. The van der Waals surface area contributed by atoms with E-state index in [1.165, 1.54) is 34.7 Å².